The summed E-state index contributed by atoms with van der Waals surface area (Å²) < 4.78 is 1.76. The zero-order valence-electron chi connectivity index (χ0n) is 17.0. The monoisotopic (exact) mass is 372 g/mol. The molecule has 0 unspecified atom stereocenters. The highest BCUT2D eigenvalue weighted by Gasteiger charge is 2.16. The van der Waals surface area contributed by atoms with E-state index in [4.69, 9.17) is 0 Å². The standard InChI is InChI=1S/C21H32N4O2/c1-5-23(6-2)13-14-24(16-17(3)4)21(27)11-12-25-19-10-8-7-9-18(19)20(26)15-22-25/h7-10,15,17H,5-6,11-14,16H2,1-4H3. The number of carbonyl (C=O) groups is 1. The van der Waals surface area contributed by atoms with Crippen LogP contribution in [0.15, 0.2) is 35.3 Å². The number of fused-ring (bicyclic) bond motifs is 1. The Hall–Kier alpha value is -2.21. The molecule has 0 radical (unpaired) electrons. The molecule has 0 aliphatic carbocycles. The van der Waals surface area contributed by atoms with Crippen LogP contribution in [0.2, 0.25) is 0 Å². The largest absolute Gasteiger partial charge is 0.341 e. The van der Waals surface area contributed by atoms with Crippen LogP contribution in [0.3, 0.4) is 0 Å². The second-order valence-electron chi connectivity index (χ2n) is 7.26. The highest BCUT2D eigenvalue weighted by molar-refractivity contribution is 5.79. The molecule has 2 rings (SSSR count). The molecule has 2 aromatic rings. The first kappa shape index (κ1) is 21.1. The van der Waals surface area contributed by atoms with Gasteiger partial charge in [-0.15, -0.1) is 0 Å². The number of hydrogen-bond donors (Lipinski definition) is 0. The Labute approximate surface area is 161 Å². The maximum Gasteiger partial charge on any atom is 0.224 e. The zero-order chi connectivity index (χ0) is 19.8. The molecule has 0 spiro atoms. The number of para-hydroxylation sites is 1. The molecule has 1 heterocycles. The molecule has 1 amide bonds. The van der Waals surface area contributed by atoms with E-state index in [0.29, 0.717) is 24.3 Å². The van der Waals surface area contributed by atoms with Crippen LogP contribution in [0.5, 0.6) is 0 Å². The number of likely N-dealkylation sites (N-methyl/N-ethyl adjacent to an activating group) is 1. The molecule has 1 aromatic heterocycles. The number of carbonyl (C=O) groups excluding carboxylic acids is 1. The molecule has 148 valence electrons. The Morgan fingerprint density at radius 1 is 1.15 bits per heavy atom. The van der Waals surface area contributed by atoms with Crippen molar-refractivity contribution in [2.45, 2.75) is 40.7 Å². The van der Waals surface area contributed by atoms with Crippen LogP contribution in [0, 0.1) is 5.92 Å². The van der Waals surface area contributed by atoms with Gasteiger partial charge in [-0.2, -0.15) is 5.10 Å². The number of aryl methyl sites for hydroxylation is 1. The molecular formula is C21H32N4O2. The first-order chi connectivity index (χ1) is 13.0. The first-order valence-corrected chi connectivity index (χ1v) is 9.91. The Morgan fingerprint density at radius 2 is 1.85 bits per heavy atom. The van der Waals surface area contributed by atoms with Crippen molar-refractivity contribution in [2.75, 3.05) is 32.7 Å². The number of benzene rings is 1. The van der Waals surface area contributed by atoms with Crippen molar-refractivity contribution in [3.63, 3.8) is 0 Å². The van der Waals surface area contributed by atoms with Gasteiger partial charge in [0.05, 0.1) is 18.3 Å². The first-order valence-electron chi connectivity index (χ1n) is 9.91. The molecule has 0 fully saturated rings. The summed E-state index contributed by atoms with van der Waals surface area (Å²) in [5.41, 5.74) is 0.685. The van der Waals surface area contributed by atoms with E-state index in [1.165, 1.54) is 6.20 Å². The Kier molecular flexibility index (Phi) is 7.98. The summed E-state index contributed by atoms with van der Waals surface area (Å²) in [5.74, 6) is 0.567. The van der Waals surface area contributed by atoms with Crippen LogP contribution in [0.1, 0.15) is 34.1 Å². The number of amides is 1. The minimum Gasteiger partial charge on any atom is -0.341 e. The predicted octanol–water partition coefficient (Wildman–Crippen LogP) is 2.61. The van der Waals surface area contributed by atoms with Gasteiger partial charge in [-0.1, -0.05) is 39.8 Å². The zero-order valence-corrected chi connectivity index (χ0v) is 17.0. The number of rotatable bonds is 10. The summed E-state index contributed by atoms with van der Waals surface area (Å²) in [6.45, 7) is 13.4. The van der Waals surface area contributed by atoms with Crippen LogP contribution < -0.4 is 5.43 Å². The van der Waals surface area contributed by atoms with Crippen LogP contribution in [-0.4, -0.2) is 58.2 Å². The summed E-state index contributed by atoms with van der Waals surface area (Å²) in [7, 11) is 0. The van der Waals surface area contributed by atoms with E-state index in [1.54, 1.807) is 10.7 Å². The minimum atomic E-state index is -0.0890. The van der Waals surface area contributed by atoms with E-state index in [-0.39, 0.29) is 11.3 Å². The van der Waals surface area contributed by atoms with Crippen molar-refractivity contribution in [3.05, 3.63) is 40.7 Å². The molecule has 0 N–H and O–H groups in total. The van der Waals surface area contributed by atoms with E-state index in [9.17, 15) is 9.59 Å². The smallest absolute Gasteiger partial charge is 0.224 e. The molecule has 0 bridgehead atoms. The van der Waals surface area contributed by atoms with Crippen molar-refractivity contribution in [2.24, 2.45) is 5.92 Å². The van der Waals surface area contributed by atoms with Crippen molar-refractivity contribution >= 4 is 16.8 Å². The summed E-state index contributed by atoms with van der Waals surface area (Å²) in [5, 5.41) is 4.86. The van der Waals surface area contributed by atoms with Crippen molar-refractivity contribution in [3.8, 4) is 0 Å². The van der Waals surface area contributed by atoms with Gasteiger partial charge >= 0.3 is 0 Å². The molecule has 0 saturated carbocycles. The van der Waals surface area contributed by atoms with Gasteiger partial charge in [0.2, 0.25) is 11.3 Å². The fourth-order valence-electron chi connectivity index (χ4n) is 3.26. The van der Waals surface area contributed by atoms with E-state index < -0.39 is 0 Å². The SMILES string of the molecule is CCN(CC)CCN(CC(C)C)C(=O)CCn1ncc(=O)c2ccccc21. The van der Waals surface area contributed by atoms with E-state index in [0.717, 1.165) is 38.2 Å². The highest BCUT2D eigenvalue weighted by Crippen LogP contribution is 2.10. The fourth-order valence-corrected chi connectivity index (χ4v) is 3.26. The lowest BCUT2D eigenvalue weighted by molar-refractivity contribution is -0.132. The van der Waals surface area contributed by atoms with Crippen LogP contribution in [0.4, 0.5) is 0 Å². The Balaban J connectivity index is 2.06. The van der Waals surface area contributed by atoms with Crippen LogP contribution in [0.25, 0.3) is 10.9 Å². The topological polar surface area (TPSA) is 58.4 Å². The van der Waals surface area contributed by atoms with Gasteiger partial charge in [0.15, 0.2) is 0 Å². The molecule has 27 heavy (non-hydrogen) atoms. The van der Waals surface area contributed by atoms with Gasteiger partial charge < -0.3 is 9.80 Å². The van der Waals surface area contributed by atoms with Crippen molar-refractivity contribution < 1.29 is 4.79 Å². The predicted molar refractivity (Wildman–Crippen MR) is 110 cm³/mol. The third-order valence-corrected chi connectivity index (χ3v) is 4.82. The maximum absolute atomic E-state index is 12.8. The Bertz CT molecular complexity index is 796. The van der Waals surface area contributed by atoms with Gasteiger partial charge in [0.1, 0.15) is 0 Å². The lowest BCUT2D eigenvalue weighted by Gasteiger charge is -2.28. The molecule has 0 atom stereocenters. The minimum absolute atomic E-state index is 0.0890. The van der Waals surface area contributed by atoms with Gasteiger partial charge in [-0.05, 0) is 31.1 Å². The summed E-state index contributed by atoms with van der Waals surface area (Å²) in [6, 6.07) is 7.40. The van der Waals surface area contributed by atoms with Crippen LogP contribution in [-0.2, 0) is 11.3 Å². The Morgan fingerprint density at radius 3 is 2.52 bits per heavy atom. The molecule has 0 aliphatic rings. The molecule has 6 nitrogen and oxygen atoms in total. The van der Waals surface area contributed by atoms with Crippen LogP contribution >= 0.6 is 0 Å². The van der Waals surface area contributed by atoms with Crippen molar-refractivity contribution in [1.29, 1.82) is 0 Å². The van der Waals surface area contributed by atoms with E-state index in [2.05, 4.69) is 37.7 Å². The average Bonchev–Trinajstić information content (AvgIpc) is 2.67. The van der Waals surface area contributed by atoms with Crippen molar-refractivity contribution in [1.82, 2.24) is 19.6 Å². The quantitative estimate of drug-likeness (QED) is 0.643. The highest BCUT2D eigenvalue weighted by atomic mass is 16.2. The second kappa shape index (κ2) is 10.2. The number of hydrogen-bond acceptors (Lipinski definition) is 4. The average molecular weight is 373 g/mol. The summed E-state index contributed by atoms with van der Waals surface area (Å²) in [6.07, 6.45) is 1.71. The van der Waals surface area contributed by atoms with E-state index >= 15 is 0 Å². The molecule has 6 heteroatoms. The van der Waals surface area contributed by atoms with Gasteiger partial charge in [-0.25, -0.2) is 0 Å². The fraction of sp³-hybridized carbons (Fsp3) is 0.571. The normalized spacial score (nSPS) is 11.5. The van der Waals surface area contributed by atoms with Gasteiger partial charge in [0.25, 0.3) is 0 Å². The van der Waals surface area contributed by atoms with Gasteiger partial charge in [-0.3, -0.25) is 14.3 Å². The lowest BCUT2D eigenvalue weighted by atomic mass is 10.2. The summed E-state index contributed by atoms with van der Waals surface area (Å²) in [4.78, 5) is 29.1. The third-order valence-electron chi connectivity index (χ3n) is 4.82. The van der Waals surface area contributed by atoms with Gasteiger partial charge in [0, 0.05) is 31.4 Å². The maximum atomic E-state index is 12.8. The lowest BCUT2D eigenvalue weighted by Crippen LogP contribution is -2.40. The third kappa shape index (κ3) is 5.89. The molecule has 1 aromatic carbocycles. The summed E-state index contributed by atoms with van der Waals surface area (Å²) >= 11 is 0. The number of nitrogens with zero attached hydrogens (tertiary/aromatic N) is 4. The van der Waals surface area contributed by atoms with E-state index in [1.807, 2.05) is 23.1 Å². The molecule has 0 saturated heterocycles. The molecule has 0 aliphatic heterocycles. The molecular weight excluding hydrogens is 340 g/mol. The number of aromatic nitrogens is 2. The second-order valence-corrected chi connectivity index (χ2v) is 7.26.